The lowest BCUT2D eigenvalue weighted by molar-refractivity contribution is -0.122. The van der Waals surface area contributed by atoms with Gasteiger partial charge in [-0.25, -0.2) is 23.7 Å². The lowest BCUT2D eigenvalue weighted by Crippen LogP contribution is -2.44. The summed E-state index contributed by atoms with van der Waals surface area (Å²) in [5, 5.41) is 2.65. The summed E-state index contributed by atoms with van der Waals surface area (Å²) >= 11 is 0. The molecule has 1 amide bonds. The zero-order valence-corrected chi connectivity index (χ0v) is 14.7. The van der Waals surface area contributed by atoms with Crippen molar-refractivity contribution in [1.82, 2.24) is 16.2 Å². The van der Waals surface area contributed by atoms with Crippen LogP contribution in [0.4, 0.5) is 4.39 Å². The van der Waals surface area contributed by atoms with E-state index in [-0.39, 0.29) is 41.7 Å². The summed E-state index contributed by atoms with van der Waals surface area (Å²) in [5.41, 5.74) is 6.79. The van der Waals surface area contributed by atoms with Crippen LogP contribution >= 0.6 is 0 Å². The van der Waals surface area contributed by atoms with Crippen LogP contribution in [0.3, 0.4) is 0 Å². The minimum absolute atomic E-state index is 0.0571. The van der Waals surface area contributed by atoms with E-state index < -0.39 is 15.9 Å². The van der Waals surface area contributed by atoms with Crippen molar-refractivity contribution in [2.24, 2.45) is 5.92 Å². The highest BCUT2D eigenvalue weighted by Crippen LogP contribution is 2.22. The maximum atomic E-state index is 12.9. The first-order valence-electron chi connectivity index (χ1n) is 8.01. The molecule has 1 aromatic rings. The van der Waals surface area contributed by atoms with Crippen molar-refractivity contribution in [1.29, 1.82) is 0 Å². The largest absolute Gasteiger partial charge is 0.354 e. The zero-order chi connectivity index (χ0) is 17.7. The second kappa shape index (κ2) is 8.04. The van der Waals surface area contributed by atoms with Crippen LogP contribution in [0.25, 0.3) is 0 Å². The number of hydrogen-bond acceptors (Lipinski definition) is 5. The predicted octanol–water partition coefficient (Wildman–Crippen LogP) is 0.920. The number of carbonyl (C=O) groups is 1. The summed E-state index contributed by atoms with van der Waals surface area (Å²) < 4.78 is 36.5. The van der Waals surface area contributed by atoms with Gasteiger partial charge in [0.05, 0.1) is 11.5 Å². The summed E-state index contributed by atoms with van der Waals surface area (Å²) in [6.07, 6.45) is 0.510. The molecule has 3 N–H and O–H groups in total. The van der Waals surface area contributed by atoms with Crippen LogP contribution in [0, 0.1) is 11.7 Å². The van der Waals surface area contributed by atoms with E-state index in [1.54, 1.807) is 12.1 Å². The van der Waals surface area contributed by atoms with E-state index in [1.165, 1.54) is 12.1 Å². The fraction of sp³-hybridized carbons (Fsp3) is 0.562. The van der Waals surface area contributed by atoms with E-state index in [1.807, 2.05) is 13.8 Å². The molecular weight excluding hydrogens is 333 g/mol. The average Bonchev–Trinajstić information content (AvgIpc) is 2.96. The van der Waals surface area contributed by atoms with Gasteiger partial charge in [0, 0.05) is 12.6 Å². The molecule has 1 aliphatic rings. The van der Waals surface area contributed by atoms with Crippen molar-refractivity contribution in [3.05, 3.63) is 35.6 Å². The molecule has 2 rings (SSSR count). The van der Waals surface area contributed by atoms with Crippen LogP contribution in [-0.2, 0) is 14.6 Å². The third kappa shape index (κ3) is 5.54. The number of halogens is 1. The molecule has 6 nitrogen and oxygen atoms in total. The molecule has 0 radical (unpaired) electrons. The maximum Gasteiger partial charge on any atom is 0.238 e. The van der Waals surface area contributed by atoms with Gasteiger partial charge in [0.1, 0.15) is 11.9 Å². The van der Waals surface area contributed by atoms with Crippen LogP contribution in [0.2, 0.25) is 0 Å². The Labute approximate surface area is 142 Å². The third-order valence-corrected chi connectivity index (χ3v) is 5.79. The molecule has 24 heavy (non-hydrogen) atoms. The molecule has 0 aliphatic carbocycles. The maximum absolute atomic E-state index is 12.9. The summed E-state index contributed by atoms with van der Waals surface area (Å²) in [6, 6.07) is 5.56. The lowest BCUT2D eigenvalue weighted by Gasteiger charge is -2.11. The average molecular weight is 357 g/mol. The Kier molecular flexibility index (Phi) is 6.31. The first-order valence-corrected chi connectivity index (χ1v) is 9.83. The molecule has 2 unspecified atom stereocenters. The fourth-order valence-electron chi connectivity index (χ4n) is 2.69. The second-order valence-corrected chi connectivity index (χ2v) is 8.71. The summed E-state index contributed by atoms with van der Waals surface area (Å²) in [4.78, 5) is 12.1. The fourth-order valence-corrected chi connectivity index (χ4v) is 4.28. The lowest BCUT2D eigenvalue weighted by atomic mass is 10.0. The van der Waals surface area contributed by atoms with Crippen LogP contribution in [-0.4, -0.2) is 38.4 Å². The molecule has 0 spiro atoms. The molecular formula is C16H24FN3O3S. The van der Waals surface area contributed by atoms with Crippen molar-refractivity contribution < 1.29 is 17.6 Å². The number of nitrogens with one attached hydrogen (secondary N) is 3. The van der Waals surface area contributed by atoms with Gasteiger partial charge in [0.15, 0.2) is 9.84 Å². The highest BCUT2D eigenvalue weighted by Gasteiger charge is 2.30. The van der Waals surface area contributed by atoms with Gasteiger partial charge in [-0.05, 0) is 30.0 Å². The highest BCUT2D eigenvalue weighted by molar-refractivity contribution is 7.91. The van der Waals surface area contributed by atoms with Gasteiger partial charge in [-0.2, -0.15) is 0 Å². The van der Waals surface area contributed by atoms with E-state index in [2.05, 4.69) is 16.2 Å². The van der Waals surface area contributed by atoms with Gasteiger partial charge in [-0.15, -0.1) is 0 Å². The highest BCUT2D eigenvalue weighted by atomic mass is 32.2. The van der Waals surface area contributed by atoms with Gasteiger partial charge in [0.25, 0.3) is 0 Å². The third-order valence-electron chi connectivity index (χ3n) is 3.79. The normalized spacial score (nSPS) is 21.2. The molecule has 0 aromatic heterocycles. The number of carbonyl (C=O) groups excluding carboxylic acids is 1. The van der Waals surface area contributed by atoms with Crippen molar-refractivity contribution in [2.75, 3.05) is 18.1 Å². The van der Waals surface area contributed by atoms with Gasteiger partial charge in [-0.3, -0.25) is 4.79 Å². The molecule has 134 valence electrons. The van der Waals surface area contributed by atoms with E-state index in [0.717, 1.165) is 5.56 Å². The molecule has 0 saturated carbocycles. The van der Waals surface area contributed by atoms with Crippen LogP contribution in [0.15, 0.2) is 24.3 Å². The quantitative estimate of drug-likeness (QED) is 0.675. The Bertz CT molecular complexity index is 662. The predicted molar refractivity (Wildman–Crippen MR) is 90.3 cm³/mol. The molecule has 1 saturated heterocycles. The summed E-state index contributed by atoms with van der Waals surface area (Å²) in [5.74, 6) is -0.409. The number of hydrazine groups is 1. The van der Waals surface area contributed by atoms with Crippen LogP contribution < -0.4 is 16.2 Å². The Hall–Kier alpha value is -1.51. The zero-order valence-electron chi connectivity index (χ0n) is 13.9. The van der Waals surface area contributed by atoms with Gasteiger partial charge in [0.2, 0.25) is 5.91 Å². The standard InChI is InChI=1S/C16H24FN3O3S/c1-11(2)10-24(22,23)8-7-18-16(21)15-9-14(19-20-15)12-3-5-13(17)6-4-12/h3-6,11,14-15,19-20H,7-10H2,1-2H3,(H,18,21). The molecule has 2 atom stereocenters. The van der Waals surface area contributed by atoms with Crippen molar-refractivity contribution in [3.63, 3.8) is 0 Å². The number of benzene rings is 1. The minimum atomic E-state index is -3.14. The Balaban J connectivity index is 1.79. The SMILES string of the molecule is CC(C)CS(=O)(=O)CCNC(=O)C1CC(c2ccc(F)cc2)NN1. The van der Waals surface area contributed by atoms with Gasteiger partial charge >= 0.3 is 0 Å². The minimum Gasteiger partial charge on any atom is -0.354 e. The van der Waals surface area contributed by atoms with Gasteiger partial charge < -0.3 is 5.32 Å². The molecule has 1 aromatic carbocycles. The Morgan fingerprint density at radius 3 is 2.58 bits per heavy atom. The summed E-state index contributed by atoms with van der Waals surface area (Å²) in [7, 11) is -3.14. The first-order chi connectivity index (χ1) is 11.3. The van der Waals surface area contributed by atoms with E-state index >= 15 is 0 Å². The van der Waals surface area contributed by atoms with E-state index in [4.69, 9.17) is 0 Å². The monoisotopic (exact) mass is 357 g/mol. The van der Waals surface area contributed by atoms with Crippen molar-refractivity contribution >= 4 is 15.7 Å². The molecule has 0 bridgehead atoms. The topological polar surface area (TPSA) is 87.3 Å². The molecule has 8 heteroatoms. The van der Waals surface area contributed by atoms with Crippen molar-refractivity contribution in [2.45, 2.75) is 32.4 Å². The molecule has 1 aliphatic heterocycles. The first kappa shape index (κ1) is 18.8. The second-order valence-electron chi connectivity index (χ2n) is 6.48. The van der Waals surface area contributed by atoms with Crippen LogP contribution in [0.5, 0.6) is 0 Å². The van der Waals surface area contributed by atoms with E-state index in [9.17, 15) is 17.6 Å². The number of amides is 1. The smallest absolute Gasteiger partial charge is 0.238 e. The Morgan fingerprint density at radius 2 is 1.96 bits per heavy atom. The van der Waals surface area contributed by atoms with Crippen molar-refractivity contribution in [3.8, 4) is 0 Å². The summed E-state index contributed by atoms with van der Waals surface area (Å²) in [6.45, 7) is 3.80. The molecule has 1 fully saturated rings. The van der Waals surface area contributed by atoms with Gasteiger partial charge in [-0.1, -0.05) is 26.0 Å². The number of sulfone groups is 1. The van der Waals surface area contributed by atoms with Crippen LogP contribution in [0.1, 0.15) is 31.9 Å². The number of hydrogen-bond donors (Lipinski definition) is 3. The Morgan fingerprint density at radius 1 is 1.29 bits per heavy atom. The number of rotatable bonds is 7. The van der Waals surface area contributed by atoms with E-state index in [0.29, 0.717) is 6.42 Å². The molecule has 1 heterocycles.